The zero-order chi connectivity index (χ0) is 23.0. The van der Waals surface area contributed by atoms with Gasteiger partial charge in [0.15, 0.2) is 0 Å². The van der Waals surface area contributed by atoms with Gasteiger partial charge < -0.3 is 4.74 Å². The SMILES string of the molecule is Brc1ccc2c(c1)C(C1=CCC=C(c3ccccc3)C=C1)(c1ccccc1)c1ccccc1O2. The molecule has 1 nitrogen and oxygen atoms in total. The lowest BCUT2D eigenvalue weighted by atomic mass is 9.63. The van der Waals surface area contributed by atoms with Gasteiger partial charge in [-0.15, -0.1) is 0 Å². The van der Waals surface area contributed by atoms with Crippen LogP contribution in [0.25, 0.3) is 5.57 Å². The minimum Gasteiger partial charge on any atom is -0.457 e. The van der Waals surface area contributed by atoms with Gasteiger partial charge in [-0.1, -0.05) is 119 Å². The molecule has 1 heterocycles. The summed E-state index contributed by atoms with van der Waals surface area (Å²) in [4.78, 5) is 0. The molecule has 2 aliphatic rings. The molecule has 1 aliphatic heterocycles. The molecule has 4 aromatic rings. The van der Waals surface area contributed by atoms with Gasteiger partial charge in [-0.05, 0) is 53.0 Å². The fraction of sp³-hybridized carbons (Fsp3) is 0.0625. The van der Waals surface area contributed by atoms with Crippen molar-refractivity contribution in [3.63, 3.8) is 0 Å². The van der Waals surface area contributed by atoms with Crippen LogP contribution >= 0.6 is 15.9 Å². The highest BCUT2D eigenvalue weighted by Gasteiger charge is 2.46. The Bertz CT molecular complexity index is 1450. The van der Waals surface area contributed by atoms with E-state index in [1.54, 1.807) is 0 Å². The van der Waals surface area contributed by atoms with Crippen molar-refractivity contribution in [1.29, 1.82) is 0 Å². The summed E-state index contributed by atoms with van der Waals surface area (Å²) in [5, 5.41) is 0. The zero-order valence-electron chi connectivity index (χ0n) is 18.6. The van der Waals surface area contributed by atoms with Crippen LogP contribution in [-0.2, 0) is 5.41 Å². The molecule has 0 fully saturated rings. The van der Waals surface area contributed by atoms with Gasteiger partial charge in [0.05, 0.1) is 5.41 Å². The van der Waals surface area contributed by atoms with E-state index in [4.69, 9.17) is 4.74 Å². The van der Waals surface area contributed by atoms with Crippen molar-refractivity contribution in [2.45, 2.75) is 11.8 Å². The van der Waals surface area contributed by atoms with E-state index in [-0.39, 0.29) is 0 Å². The van der Waals surface area contributed by atoms with Crippen LogP contribution in [0.4, 0.5) is 0 Å². The highest BCUT2D eigenvalue weighted by Crippen LogP contribution is 2.56. The highest BCUT2D eigenvalue weighted by molar-refractivity contribution is 9.10. The van der Waals surface area contributed by atoms with Gasteiger partial charge in [-0.2, -0.15) is 0 Å². The summed E-state index contributed by atoms with van der Waals surface area (Å²) in [6.45, 7) is 0. The monoisotopic (exact) mass is 502 g/mol. The molecular weight excluding hydrogens is 480 g/mol. The minimum atomic E-state index is -0.494. The molecule has 0 aromatic heterocycles. The van der Waals surface area contributed by atoms with E-state index in [0.717, 1.165) is 33.5 Å². The number of fused-ring (bicyclic) bond motifs is 2. The van der Waals surface area contributed by atoms with Crippen LogP contribution < -0.4 is 4.74 Å². The molecule has 1 aliphatic carbocycles. The first-order valence-electron chi connectivity index (χ1n) is 11.5. The van der Waals surface area contributed by atoms with Gasteiger partial charge >= 0.3 is 0 Å². The van der Waals surface area contributed by atoms with Crippen LogP contribution in [0.15, 0.2) is 137 Å². The number of halogens is 1. The third-order valence-electron chi connectivity index (χ3n) is 6.72. The number of rotatable bonds is 3. The molecule has 0 spiro atoms. The molecule has 0 saturated heterocycles. The summed E-state index contributed by atoms with van der Waals surface area (Å²) in [7, 11) is 0. The Kier molecular flexibility index (Phi) is 5.31. The zero-order valence-corrected chi connectivity index (χ0v) is 20.2. The van der Waals surface area contributed by atoms with Crippen molar-refractivity contribution in [3.8, 4) is 11.5 Å². The third kappa shape index (κ3) is 3.38. The van der Waals surface area contributed by atoms with Gasteiger partial charge in [0.25, 0.3) is 0 Å². The molecule has 0 amide bonds. The van der Waals surface area contributed by atoms with Gasteiger partial charge in [0.1, 0.15) is 11.5 Å². The maximum Gasteiger partial charge on any atom is 0.132 e. The third-order valence-corrected chi connectivity index (χ3v) is 7.21. The van der Waals surface area contributed by atoms with Crippen molar-refractivity contribution in [2.24, 2.45) is 0 Å². The van der Waals surface area contributed by atoms with Crippen molar-refractivity contribution in [1.82, 2.24) is 0 Å². The summed E-state index contributed by atoms with van der Waals surface area (Å²) in [5.41, 5.74) is 6.76. The molecule has 164 valence electrons. The van der Waals surface area contributed by atoms with E-state index < -0.39 is 5.41 Å². The van der Waals surface area contributed by atoms with Gasteiger partial charge in [0, 0.05) is 15.6 Å². The highest BCUT2D eigenvalue weighted by atomic mass is 79.9. The molecule has 0 N–H and O–H groups in total. The number of allylic oxidation sites excluding steroid dienone is 6. The van der Waals surface area contributed by atoms with Crippen LogP contribution in [0.2, 0.25) is 0 Å². The number of benzene rings is 4. The predicted octanol–water partition coefficient (Wildman–Crippen LogP) is 8.86. The second-order valence-corrected chi connectivity index (χ2v) is 9.52. The Hall–Kier alpha value is -3.62. The van der Waals surface area contributed by atoms with Crippen LogP contribution in [0.5, 0.6) is 11.5 Å². The number of hydrogen-bond donors (Lipinski definition) is 0. The number of para-hydroxylation sites is 1. The van der Waals surface area contributed by atoms with Crippen LogP contribution in [0.3, 0.4) is 0 Å². The Morgan fingerprint density at radius 2 is 1.35 bits per heavy atom. The summed E-state index contributed by atoms with van der Waals surface area (Å²) in [5.74, 6) is 1.79. The maximum absolute atomic E-state index is 6.44. The van der Waals surface area contributed by atoms with Crippen LogP contribution in [0.1, 0.15) is 28.7 Å². The fourth-order valence-corrected chi connectivity index (χ4v) is 5.60. The lowest BCUT2D eigenvalue weighted by Crippen LogP contribution is -2.34. The van der Waals surface area contributed by atoms with E-state index in [2.05, 4.69) is 137 Å². The molecule has 0 saturated carbocycles. The molecule has 34 heavy (non-hydrogen) atoms. The summed E-state index contributed by atoms with van der Waals surface area (Å²) in [6.07, 6.45) is 10.1. The van der Waals surface area contributed by atoms with Crippen LogP contribution in [-0.4, -0.2) is 0 Å². The molecule has 2 heteroatoms. The van der Waals surface area contributed by atoms with Crippen molar-refractivity contribution < 1.29 is 4.74 Å². The molecular formula is C32H23BrO. The second kappa shape index (κ2) is 8.62. The first-order valence-corrected chi connectivity index (χ1v) is 12.3. The molecule has 0 bridgehead atoms. The molecule has 4 aromatic carbocycles. The Balaban J connectivity index is 1.63. The Morgan fingerprint density at radius 1 is 0.647 bits per heavy atom. The summed E-state index contributed by atoms with van der Waals surface area (Å²) >= 11 is 3.73. The molecule has 0 radical (unpaired) electrons. The minimum absolute atomic E-state index is 0.494. The number of ether oxygens (including phenoxy) is 1. The van der Waals surface area contributed by atoms with Crippen molar-refractivity contribution >= 4 is 21.5 Å². The normalized spacial score (nSPS) is 18.6. The topological polar surface area (TPSA) is 9.23 Å². The van der Waals surface area contributed by atoms with E-state index in [1.165, 1.54) is 22.3 Å². The molecule has 6 rings (SSSR count). The Labute approximate surface area is 208 Å². The fourth-order valence-electron chi connectivity index (χ4n) is 5.24. The average Bonchev–Trinajstić information content (AvgIpc) is 3.15. The van der Waals surface area contributed by atoms with E-state index in [1.807, 2.05) is 6.07 Å². The lowest BCUT2D eigenvalue weighted by molar-refractivity contribution is 0.434. The van der Waals surface area contributed by atoms with E-state index in [9.17, 15) is 0 Å². The number of hydrogen-bond acceptors (Lipinski definition) is 1. The second-order valence-electron chi connectivity index (χ2n) is 8.61. The van der Waals surface area contributed by atoms with E-state index in [0.29, 0.717) is 0 Å². The van der Waals surface area contributed by atoms with Crippen LogP contribution in [0, 0.1) is 0 Å². The lowest BCUT2D eigenvalue weighted by Gasteiger charge is -2.42. The first kappa shape index (κ1) is 20.9. The van der Waals surface area contributed by atoms with Gasteiger partial charge in [-0.3, -0.25) is 0 Å². The largest absolute Gasteiger partial charge is 0.457 e. The van der Waals surface area contributed by atoms with E-state index >= 15 is 0 Å². The average molecular weight is 503 g/mol. The smallest absolute Gasteiger partial charge is 0.132 e. The molecule has 1 atom stereocenters. The van der Waals surface area contributed by atoms with Crippen molar-refractivity contribution in [3.05, 3.63) is 160 Å². The summed E-state index contributed by atoms with van der Waals surface area (Å²) in [6, 6.07) is 36.2. The van der Waals surface area contributed by atoms with Gasteiger partial charge in [0.2, 0.25) is 0 Å². The Morgan fingerprint density at radius 3 is 2.18 bits per heavy atom. The molecule has 1 unspecified atom stereocenters. The van der Waals surface area contributed by atoms with Crippen molar-refractivity contribution in [2.75, 3.05) is 0 Å². The predicted molar refractivity (Wildman–Crippen MR) is 143 cm³/mol. The quantitative estimate of drug-likeness (QED) is 0.271. The maximum atomic E-state index is 6.44. The standard InChI is InChI=1S/C32H23BrO/c33-27-20-21-31-29(22-27)32(25-13-5-2-6-14-25,28-16-7-8-17-30(28)34-31)26-15-9-12-24(18-19-26)23-10-3-1-4-11-23/h1-8,10-22H,9H2. The summed E-state index contributed by atoms with van der Waals surface area (Å²) < 4.78 is 7.47. The van der Waals surface area contributed by atoms with Gasteiger partial charge in [-0.25, -0.2) is 0 Å². The first-order chi connectivity index (χ1) is 16.8.